The zero-order valence-electron chi connectivity index (χ0n) is 35.9. The first-order valence-corrected chi connectivity index (χ1v) is 23.0. The van der Waals surface area contributed by atoms with Gasteiger partial charge in [0.05, 0.1) is 24.7 Å². The number of rotatable bonds is 15. The minimum Gasteiger partial charge on any atom is -0.482 e. The smallest absolute Gasteiger partial charge is 0.422 e. The number of halogens is 5. The largest absolute Gasteiger partial charge is 0.482 e. The first-order chi connectivity index (χ1) is 31.1. The molecule has 1 amide bonds. The summed E-state index contributed by atoms with van der Waals surface area (Å²) in [6, 6.07) is 41.5. The Morgan fingerprint density at radius 1 is 0.815 bits per heavy atom. The Morgan fingerprint density at radius 3 is 2.05 bits per heavy atom. The van der Waals surface area contributed by atoms with E-state index in [0.29, 0.717) is 11.2 Å². The molecular weight excluding hydrogens is 858 g/mol. The first-order valence-electron chi connectivity index (χ1n) is 21.1. The minimum atomic E-state index is -4.64. The SMILES string of the molecule is CC(C)(C)[Si](OC[C@@H](C(=O)Cc1ccc(-c2ccc3nc(Nc4ccc(C(=O)N5CC(F)C5)cc4OCC(F)(F)F)nn3c2)cc1)c1ccc(F)cc1)(c1ccccc1)c1ccccc1. The number of fused-ring (bicyclic) bond motifs is 1. The van der Waals surface area contributed by atoms with E-state index in [9.17, 15) is 31.5 Å². The first kappa shape index (κ1) is 44.9. The van der Waals surface area contributed by atoms with Crippen LogP contribution in [-0.4, -0.2) is 78.2 Å². The highest BCUT2D eigenvalue weighted by atomic mass is 28.4. The van der Waals surface area contributed by atoms with Crippen LogP contribution in [0.3, 0.4) is 0 Å². The number of hydrogen-bond acceptors (Lipinski definition) is 7. The van der Waals surface area contributed by atoms with Crippen molar-refractivity contribution in [1.29, 1.82) is 0 Å². The van der Waals surface area contributed by atoms with E-state index in [-0.39, 0.29) is 59.9 Å². The lowest BCUT2D eigenvalue weighted by Crippen LogP contribution is -2.67. The van der Waals surface area contributed by atoms with E-state index in [4.69, 9.17) is 9.16 Å². The van der Waals surface area contributed by atoms with Crippen molar-refractivity contribution < 1.29 is 40.7 Å². The maximum atomic E-state index is 14.4. The van der Waals surface area contributed by atoms with E-state index in [1.54, 1.807) is 24.4 Å². The summed E-state index contributed by atoms with van der Waals surface area (Å²) in [5, 5.41) is 9.23. The summed E-state index contributed by atoms with van der Waals surface area (Å²) < 4.78 is 80.9. The summed E-state index contributed by atoms with van der Waals surface area (Å²) in [7, 11) is -3.01. The number of ketones is 1. The van der Waals surface area contributed by atoms with Crippen molar-refractivity contribution in [2.45, 2.75) is 50.5 Å². The third kappa shape index (κ3) is 10.0. The highest BCUT2D eigenvalue weighted by Gasteiger charge is 2.50. The Balaban J connectivity index is 1.00. The van der Waals surface area contributed by atoms with Crippen LogP contribution in [0, 0.1) is 5.82 Å². The Bertz CT molecular complexity index is 2740. The third-order valence-corrected chi connectivity index (χ3v) is 16.5. The van der Waals surface area contributed by atoms with Crippen LogP contribution in [0.15, 0.2) is 146 Å². The van der Waals surface area contributed by atoms with E-state index in [0.717, 1.165) is 27.1 Å². The van der Waals surface area contributed by atoms with Gasteiger partial charge in [0.15, 0.2) is 12.3 Å². The van der Waals surface area contributed by atoms with Gasteiger partial charge < -0.3 is 19.4 Å². The van der Waals surface area contributed by atoms with Crippen molar-refractivity contribution in [3.63, 3.8) is 0 Å². The Labute approximate surface area is 374 Å². The summed E-state index contributed by atoms with van der Waals surface area (Å²) in [6.07, 6.45) is -3.94. The molecule has 3 heterocycles. The molecule has 0 saturated carbocycles. The maximum Gasteiger partial charge on any atom is 0.422 e. The van der Waals surface area contributed by atoms with Crippen molar-refractivity contribution in [1.82, 2.24) is 19.5 Å². The predicted octanol–water partition coefficient (Wildman–Crippen LogP) is 9.49. The third-order valence-electron chi connectivity index (χ3n) is 11.5. The summed E-state index contributed by atoms with van der Waals surface area (Å²) in [5.74, 6) is -1.87. The summed E-state index contributed by atoms with van der Waals surface area (Å²) in [5.41, 5.74) is 3.62. The molecule has 2 aromatic heterocycles. The van der Waals surface area contributed by atoms with E-state index in [1.807, 2.05) is 66.7 Å². The average Bonchev–Trinajstić information content (AvgIpc) is 3.68. The molecular formula is C50H46F5N5O4Si. The van der Waals surface area contributed by atoms with Crippen LogP contribution in [0.2, 0.25) is 5.04 Å². The van der Waals surface area contributed by atoms with E-state index in [2.05, 4.69) is 60.4 Å². The van der Waals surface area contributed by atoms with Crippen LogP contribution in [0.5, 0.6) is 5.75 Å². The number of alkyl halides is 4. The molecule has 1 fully saturated rings. The number of carbonyl (C=O) groups is 2. The van der Waals surface area contributed by atoms with Gasteiger partial charge in [0.2, 0.25) is 5.95 Å². The number of Topliss-reactive ketones (excluding diaryl/α,β-unsaturated/α-hetero) is 1. The summed E-state index contributed by atoms with van der Waals surface area (Å²) in [4.78, 5) is 32.9. The fourth-order valence-electron chi connectivity index (χ4n) is 8.22. The quantitative estimate of drug-likeness (QED) is 0.0809. The average molecular weight is 904 g/mol. The molecule has 15 heteroatoms. The van der Waals surface area contributed by atoms with Gasteiger partial charge in [0.1, 0.15) is 23.5 Å². The highest BCUT2D eigenvalue weighted by molar-refractivity contribution is 6.99. The molecule has 9 nitrogen and oxygen atoms in total. The molecule has 1 atom stereocenters. The second kappa shape index (κ2) is 18.4. The van der Waals surface area contributed by atoms with Gasteiger partial charge in [0.25, 0.3) is 14.2 Å². The van der Waals surface area contributed by atoms with Crippen LogP contribution in [0.1, 0.15) is 48.2 Å². The lowest BCUT2D eigenvalue weighted by atomic mass is 9.91. The maximum absolute atomic E-state index is 14.4. The number of nitrogens with zero attached hydrogens (tertiary/aromatic N) is 4. The number of carbonyl (C=O) groups excluding carboxylic acids is 2. The van der Waals surface area contributed by atoms with Gasteiger partial charge in [0, 0.05) is 30.4 Å². The van der Waals surface area contributed by atoms with Gasteiger partial charge in [-0.2, -0.15) is 18.2 Å². The number of likely N-dealkylation sites (tertiary alicyclic amines) is 1. The molecule has 1 aliphatic rings. The molecule has 334 valence electrons. The summed E-state index contributed by atoms with van der Waals surface area (Å²) in [6.45, 7) is 4.84. The summed E-state index contributed by atoms with van der Waals surface area (Å²) >= 11 is 0. The Hall–Kier alpha value is -6.71. The fourth-order valence-corrected chi connectivity index (χ4v) is 12.8. The van der Waals surface area contributed by atoms with Crippen LogP contribution in [0.4, 0.5) is 33.6 Å². The molecule has 8 rings (SSSR count). The predicted molar refractivity (Wildman–Crippen MR) is 242 cm³/mol. The number of aromatic nitrogens is 3. The molecule has 0 bridgehead atoms. The second-order valence-electron chi connectivity index (χ2n) is 17.1. The van der Waals surface area contributed by atoms with Crippen LogP contribution in [-0.2, 0) is 15.6 Å². The van der Waals surface area contributed by atoms with Gasteiger partial charge in [-0.05, 0) is 74.6 Å². The van der Waals surface area contributed by atoms with Crippen molar-refractivity contribution in [2.24, 2.45) is 0 Å². The second-order valence-corrected chi connectivity index (χ2v) is 21.4. The number of pyridine rings is 1. The fraction of sp³-hybridized carbons (Fsp3) is 0.240. The Morgan fingerprint density at radius 2 is 1.45 bits per heavy atom. The van der Waals surface area contributed by atoms with E-state index >= 15 is 0 Å². The Kier molecular flexibility index (Phi) is 12.7. The molecule has 7 aromatic rings. The zero-order valence-corrected chi connectivity index (χ0v) is 36.9. The van der Waals surface area contributed by atoms with Crippen LogP contribution >= 0.6 is 0 Å². The van der Waals surface area contributed by atoms with Crippen molar-refractivity contribution >= 4 is 47.7 Å². The number of anilines is 2. The molecule has 1 N–H and O–H groups in total. The van der Waals surface area contributed by atoms with Crippen molar-refractivity contribution in [3.05, 3.63) is 168 Å². The van der Waals surface area contributed by atoms with Gasteiger partial charge in [-0.1, -0.05) is 118 Å². The number of ether oxygens (including phenoxy) is 1. The molecule has 0 radical (unpaired) electrons. The number of nitrogens with one attached hydrogen (secondary N) is 1. The highest BCUT2D eigenvalue weighted by Crippen LogP contribution is 2.38. The number of benzene rings is 5. The minimum absolute atomic E-state index is 0.0515. The van der Waals surface area contributed by atoms with Crippen LogP contribution in [0.25, 0.3) is 16.8 Å². The molecule has 0 spiro atoms. The van der Waals surface area contributed by atoms with Gasteiger partial charge in [-0.15, -0.1) is 5.10 Å². The van der Waals surface area contributed by atoms with Gasteiger partial charge in [-0.3, -0.25) is 9.59 Å². The van der Waals surface area contributed by atoms with Gasteiger partial charge in [-0.25, -0.2) is 13.3 Å². The van der Waals surface area contributed by atoms with Crippen molar-refractivity contribution in [3.8, 4) is 16.9 Å². The lowest BCUT2D eigenvalue weighted by molar-refractivity contribution is -0.153. The van der Waals surface area contributed by atoms with Crippen molar-refractivity contribution in [2.75, 3.05) is 31.6 Å². The topological polar surface area (TPSA) is 98.1 Å². The zero-order chi connectivity index (χ0) is 45.9. The van der Waals surface area contributed by atoms with Gasteiger partial charge >= 0.3 is 6.18 Å². The van der Waals surface area contributed by atoms with E-state index < -0.39 is 44.9 Å². The molecule has 0 aliphatic carbocycles. The molecule has 1 aliphatic heterocycles. The standard InChI is InChI=1S/C50H46F5N5O4Si/c1-49(2,3)65(40-10-6-4-7-11-40,41-12-8-5-9-13-41)64-31-42(35-18-22-38(51)23-19-35)44(61)26-33-14-16-34(17-15-33)37-21-25-46-57-48(58-60(46)28-37)56-43-24-20-36(47(62)59-29-39(52)30-59)27-45(43)63-32-50(53,54)55/h4-25,27-28,39,42H,26,29-32H2,1-3H3,(H,56,58)/t42-/m1/s1. The molecule has 65 heavy (non-hydrogen) atoms. The molecule has 1 saturated heterocycles. The molecule has 0 unspecified atom stereocenters. The normalized spacial score (nSPS) is 13.9. The lowest BCUT2D eigenvalue weighted by Gasteiger charge is -2.43. The monoisotopic (exact) mass is 903 g/mol. The van der Waals surface area contributed by atoms with E-state index in [1.165, 1.54) is 39.7 Å². The number of amides is 1. The van der Waals surface area contributed by atoms with Crippen LogP contribution < -0.4 is 20.4 Å². The number of hydrogen-bond donors (Lipinski definition) is 1. The molecule has 5 aromatic carbocycles.